The fourth-order valence-electron chi connectivity index (χ4n) is 2.61. The minimum Gasteiger partial charge on any atom is -0.459 e. The van der Waals surface area contributed by atoms with Crippen LogP contribution in [-0.4, -0.2) is 38.0 Å². The number of fused-ring (bicyclic) bond motifs is 1. The third kappa shape index (κ3) is 4.28. The predicted octanol–water partition coefficient (Wildman–Crippen LogP) is 4.15. The molecule has 6 nitrogen and oxygen atoms in total. The number of rotatable bonds is 5. The molecule has 0 N–H and O–H groups in total. The third-order valence-corrected chi connectivity index (χ3v) is 6.13. The van der Waals surface area contributed by atoms with E-state index < -0.39 is 10.3 Å². The van der Waals surface area contributed by atoms with Crippen molar-refractivity contribution in [2.75, 3.05) is 0 Å². The van der Waals surface area contributed by atoms with Crippen LogP contribution < -0.4 is 0 Å². The first-order chi connectivity index (χ1) is 13.0. The first-order valence-electron chi connectivity index (χ1n) is 8.80. The van der Waals surface area contributed by atoms with Crippen molar-refractivity contribution in [2.45, 2.75) is 55.9 Å². The van der Waals surface area contributed by atoms with Crippen LogP contribution >= 0.6 is 23.1 Å². The second kappa shape index (κ2) is 7.33. The Hall–Kier alpha value is -2.19. The van der Waals surface area contributed by atoms with E-state index in [-0.39, 0.29) is 24.3 Å². The van der Waals surface area contributed by atoms with Gasteiger partial charge in [0.15, 0.2) is 4.34 Å². The summed E-state index contributed by atoms with van der Waals surface area (Å²) in [6, 6.07) is 6.79. The lowest BCUT2D eigenvalue weighted by Crippen LogP contribution is -2.36. The van der Waals surface area contributed by atoms with E-state index in [1.54, 1.807) is 43.5 Å². The summed E-state index contributed by atoms with van der Waals surface area (Å²) < 4.78 is 5.35. The highest BCUT2D eigenvalue weighted by Gasteiger charge is 2.37. The van der Waals surface area contributed by atoms with E-state index >= 15 is 0 Å². The molecule has 0 saturated carbocycles. The molecule has 1 aromatic heterocycles. The Morgan fingerprint density at radius 2 is 1.68 bits per heavy atom. The number of nitrogens with zero attached hydrogens (tertiary/aromatic N) is 2. The lowest BCUT2D eigenvalue weighted by molar-refractivity contribution is -0.156. The van der Waals surface area contributed by atoms with Gasteiger partial charge < -0.3 is 4.74 Å². The largest absolute Gasteiger partial charge is 0.459 e. The summed E-state index contributed by atoms with van der Waals surface area (Å²) in [5.41, 5.74) is 0.891. The molecule has 0 aliphatic carbocycles. The summed E-state index contributed by atoms with van der Waals surface area (Å²) in [5, 5.41) is 1.80. The first-order valence-corrected chi connectivity index (χ1v) is 10.5. The van der Waals surface area contributed by atoms with Gasteiger partial charge >= 0.3 is 5.97 Å². The molecule has 1 aromatic carbocycles. The Bertz CT molecular complexity index is 909. The third-order valence-electron chi connectivity index (χ3n) is 3.96. The zero-order chi connectivity index (χ0) is 20.7. The van der Waals surface area contributed by atoms with Crippen LogP contribution in [0.5, 0.6) is 0 Å². The second-order valence-electron chi connectivity index (χ2n) is 7.96. The zero-order valence-electron chi connectivity index (χ0n) is 16.4. The molecular weight excluding hydrogens is 396 g/mol. The van der Waals surface area contributed by atoms with Gasteiger partial charge in [0, 0.05) is 5.38 Å². The van der Waals surface area contributed by atoms with Gasteiger partial charge in [0.2, 0.25) is 0 Å². The number of hydrogen-bond acceptors (Lipinski definition) is 7. The number of thiazole rings is 1. The molecule has 0 spiro atoms. The van der Waals surface area contributed by atoms with Gasteiger partial charge in [0.25, 0.3) is 11.8 Å². The van der Waals surface area contributed by atoms with Crippen molar-refractivity contribution >= 4 is 40.9 Å². The molecule has 2 aromatic rings. The molecule has 0 fully saturated rings. The monoisotopic (exact) mass is 418 g/mol. The topological polar surface area (TPSA) is 76.6 Å². The van der Waals surface area contributed by atoms with E-state index in [2.05, 4.69) is 4.98 Å². The number of aromatic nitrogens is 1. The SMILES string of the molecule is CC(C)(C)OC(=O)C(C)(C)Sc1nc(CN2C(=O)c3ccccc3C2=O)cs1. The summed E-state index contributed by atoms with van der Waals surface area (Å²) in [5.74, 6) is -0.934. The van der Waals surface area contributed by atoms with Crippen molar-refractivity contribution in [3.63, 3.8) is 0 Å². The van der Waals surface area contributed by atoms with Crippen LogP contribution in [-0.2, 0) is 16.1 Å². The lowest BCUT2D eigenvalue weighted by atomic mass is 10.1. The van der Waals surface area contributed by atoms with E-state index in [0.717, 1.165) is 0 Å². The first kappa shape index (κ1) is 20.5. The standard InChI is InChI=1S/C20H22N2O4S2/c1-19(2,3)26-17(25)20(4,5)28-18-21-12(11-27-18)10-22-15(23)13-8-6-7-9-14(13)16(22)24/h6-9,11H,10H2,1-5H3. The van der Waals surface area contributed by atoms with Gasteiger partial charge in [-0.3, -0.25) is 19.3 Å². The number of imide groups is 1. The molecule has 28 heavy (non-hydrogen) atoms. The number of amides is 2. The minimum absolute atomic E-state index is 0.107. The molecular formula is C20H22N2O4S2. The average molecular weight is 419 g/mol. The van der Waals surface area contributed by atoms with Gasteiger partial charge in [-0.25, -0.2) is 4.98 Å². The highest BCUT2D eigenvalue weighted by molar-refractivity contribution is 8.03. The maximum atomic E-state index is 12.5. The molecule has 0 bridgehead atoms. The Labute approximate surface area is 172 Å². The molecule has 2 amide bonds. The van der Waals surface area contributed by atoms with Gasteiger partial charge in [0.05, 0.1) is 23.4 Å². The van der Waals surface area contributed by atoms with E-state index in [9.17, 15) is 14.4 Å². The number of hydrogen-bond donors (Lipinski definition) is 0. The Kier molecular flexibility index (Phi) is 5.38. The van der Waals surface area contributed by atoms with Crippen LogP contribution in [0.2, 0.25) is 0 Å². The Morgan fingerprint density at radius 3 is 2.21 bits per heavy atom. The van der Waals surface area contributed by atoms with Crippen molar-refractivity contribution in [1.82, 2.24) is 9.88 Å². The van der Waals surface area contributed by atoms with E-state index in [0.29, 0.717) is 21.2 Å². The molecule has 1 aliphatic rings. The molecule has 2 heterocycles. The van der Waals surface area contributed by atoms with Crippen molar-refractivity contribution in [3.05, 3.63) is 46.5 Å². The summed E-state index contributed by atoms with van der Waals surface area (Å²) >= 11 is 2.68. The highest BCUT2D eigenvalue weighted by Crippen LogP contribution is 2.36. The van der Waals surface area contributed by atoms with E-state index in [1.165, 1.54) is 28.0 Å². The molecule has 1 aliphatic heterocycles. The average Bonchev–Trinajstić information content (AvgIpc) is 3.12. The van der Waals surface area contributed by atoms with Crippen molar-refractivity contribution in [3.8, 4) is 0 Å². The molecule has 3 rings (SSSR count). The quantitative estimate of drug-likeness (QED) is 0.412. The normalized spacial score (nSPS) is 14.4. The van der Waals surface area contributed by atoms with Gasteiger partial charge in [-0.2, -0.15) is 0 Å². The Morgan fingerprint density at radius 1 is 1.11 bits per heavy atom. The molecule has 0 atom stereocenters. The fourth-order valence-corrected chi connectivity index (χ4v) is 4.83. The molecule has 0 unspecified atom stereocenters. The number of benzene rings is 1. The lowest BCUT2D eigenvalue weighted by Gasteiger charge is -2.27. The molecule has 0 saturated heterocycles. The summed E-state index contributed by atoms with van der Waals surface area (Å²) in [6.07, 6.45) is 0. The summed E-state index contributed by atoms with van der Waals surface area (Å²) in [4.78, 5) is 43.1. The summed E-state index contributed by atoms with van der Waals surface area (Å²) in [7, 11) is 0. The van der Waals surface area contributed by atoms with Gasteiger partial charge in [-0.15, -0.1) is 11.3 Å². The van der Waals surface area contributed by atoms with Crippen molar-refractivity contribution in [1.29, 1.82) is 0 Å². The number of carbonyl (C=O) groups excluding carboxylic acids is 3. The van der Waals surface area contributed by atoms with E-state index in [4.69, 9.17) is 4.74 Å². The van der Waals surface area contributed by atoms with Crippen LogP contribution in [0.1, 0.15) is 61.0 Å². The summed E-state index contributed by atoms with van der Waals surface area (Å²) in [6.45, 7) is 9.17. The van der Waals surface area contributed by atoms with Gasteiger partial charge in [0.1, 0.15) is 10.3 Å². The maximum absolute atomic E-state index is 12.5. The van der Waals surface area contributed by atoms with Gasteiger partial charge in [-0.1, -0.05) is 23.9 Å². The van der Waals surface area contributed by atoms with Crippen molar-refractivity contribution < 1.29 is 19.1 Å². The minimum atomic E-state index is -0.808. The smallest absolute Gasteiger partial charge is 0.322 e. The van der Waals surface area contributed by atoms with Gasteiger partial charge in [-0.05, 0) is 46.8 Å². The van der Waals surface area contributed by atoms with Crippen LogP contribution in [0.3, 0.4) is 0 Å². The molecule has 0 radical (unpaired) electrons. The van der Waals surface area contributed by atoms with E-state index in [1.807, 2.05) is 20.8 Å². The van der Waals surface area contributed by atoms with Crippen LogP contribution in [0.4, 0.5) is 0 Å². The number of ether oxygens (including phenoxy) is 1. The number of esters is 1. The maximum Gasteiger partial charge on any atom is 0.322 e. The number of carbonyl (C=O) groups is 3. The highest BCUT2D eigenvalue weighted by atomic mass is 32.2. The fraction of sp³-hybridized carbons (Fsp3) is 0.400. The van der Waals surface area contributed by atoms with Crippen LogP contribution in [0.15, 0.2) is 34.0 Å². The van der Waals surface area contributed by atoms with Crippen LogP contribution in [0.25, 0.3) is 0 Å². The van der Waals surface area contributed by atoms with Crippen molar-refractivity contribution in [2.24, 2.45) is 0 Å². The predicted molar refractivity (Wildman–Crippen MR) is 109 cm³/mol. The molecule has 148 valence electrons. The second-order valence-corrected chi connectivity index (χ2v) is 10.7. The number of thioether (sulfide) groups is 1. The van der Waals surface area contributed by atoms with Crippen LogP contribution in [0, 0.1) is 0 Å². The Balaban J connectivity index is 1.69. The molecule has 8 heteroatoms. The zero-order valence-corrected chi connectivity index (χ0v) is 18.1.